The van der Waals surface area contributed by atoms with Crippen LogP contribution >= 0.6 is 11.8 Å². The largest absolute Gasteiger partial charge is 0.478 e. The van der Waals surface area contributed by atoms with E-state index in [0.717, 1.165) is 5.56 Å². The van der Waals surface area contributed by atoms with Crippen molar-refractivity contribution in [3.63, 3.8) is 0 Å². The number of carbonyl (C=O) groups excluding carboxylic acids is 1. The summed E-state index contributed by atoms with van der Waals surface area (Å²) >= 11 is 1.46. The van der Waals surface area contributed by atoms with Crippen LogP contribution in [0.3, 0.4) is 0 Å². The van der Waals surface area contributed by atoms with Crippen LogP contribution < -0.4 is 5.32 Å². The van der Waals surface area contributed by atoms with Gasteiger partial charge in [-0.15, -0.1) is 0 Å². The van der Waals surface area contributed by atoms with Gasteiger partial charge < -0.3 is 10.4 Å². The maximum atomic E-state index is 11.2. The molecule has 1 amide bonds. The van der Waals surface area contributed by atoms with E-state index in [-0.39, 0.29) is 11.5 Å². The van der Waals surface area contributed by atoms with E-state index < -0.39 is 5.97 Å². The van der Waals surface area contributed by atoms with Crippen molar-refractivity contribution in [1.82, 2.24) is 5.32 Å². The molecule has 0 aromatic heterocycles. The van der Waals surface area contributed by atoms with E-state index in [1.165, 1.54) is 23.9 Å². The van der Waals surface area contributed by atoms with Gasteiger partial charge in [0.05, 0.1) is 11.3 Å². The first-order chi connectivity index (χ1) is 7.63. The van der Waals surface area contributed by atoms with Crippen molar-refractivity contribution < 1.29 is 14.7 Å². The second-order valence-electron chi connectivity index (χ2n) is 3.21. The summed E-state index contributed by atoms with van der Waals surface area (Å²) in [5.41, 5.74) is 1.14. The van der Waals surface area contributed by atoms with E-state index in [2.05, 4.69) is 5.32 Å². The van der Waals surface area contributed by atoms with Crippen LogP contribution in [-0.4, -0.2) is 29.0 Å². The second kappa shape index (κ2) is 6.17. The molecule has 0 saturated heterocycles. The van der Waals surface area contributed by atoms with Crippen LogP contribution in [0.25, 0.3) is 0 Å². The first-order valence-corrected chi connectivity index (χ1v) is 6.10. The van der Waals surface area contributed by atoms with E-state index in [1.54, 1.807) is 12.1 Å². The fraction of sp³-hybridized carbons (Fsp3) is 0.273. The van der Waals surface area contributed by atoms with Crippen LogP contribution in [0.4, 0.5) is 0 Å². The molecule has 0 heterocycles. The van der Waals surface area contributed by atoms with Crippen LogP contribution in [-0.2, 0) is 11.3 Å². The van der Waals surface area contributed by atoms with E-state index in [4.69, 9.17) is 5.11 Å². The molecule has 0 aliphatic rings. The minimum Gasteiger partial charge on any atom is -0.478 e. The molecule has 0 spiro atoms. The number of carboxylic acid groups (broad SMARTS) is 1. The third kappa shape index (κ3) is 3.94. The van der Waals surface area contributed by atoms with E-state index in [1.807, 2.05) is 6.26 Å². The molecule has 0 atom stereocenters. The predicted octanol–water partition coefficient (Wildman–Crippen LogP) is 1.36. The molecule has 1 aromatic rings. The molecular formula is C11H13NO3S. The Morgan fingerprint density at radius 2 is 1.94 bits per heavy atom. The zero-order valence-corrected chi connectivity index (χ0v) is 9.71. The van der Waals surface area contributed by atoms with Gasteiger partial charge in [0.2, 0.25) is 5.91 Å². The highest BCUT2D eigenvalue weighted by molar-refractivity contribution is 7.99. The van der Waals surface area contributed by atoms with Gasteiger partial charge in [-0.2, -0.15) is 11.8 Å². The van der Waals surface area contributed by atoms with Crippen molar-refractivity contribution in [3.8, 4) is 0 Å². The normalized spacial score (nSPS) is 9.81. The van der Waals surface area contributed by atoms with Crippen molar-refractivity contribution in [2.45, 2.75) is 6.54 Å². The average molecular weight is 239 g/mol. The zero-order valence-electron chi connectivity index (χ0n) is 8.90. The van der Waals surface area contributed by atoms with Gasteiger partial charge in [0.15, 0.2) is 0 Å². The molecule has 0 aliphatic carbocycles. The van der Waals surface area contributed by atoms with Gasteiger partial charge in [-0.25, -0.2) is 4.79 Å². The molecule has 16 heavy (non-hydrogen) atoms. The number of carbonyl (C=O) groups is 2. The summed E-state index contributed by atoms with van der Waals surface area (Å²) in [7, 11) is 0. The van der Waals surface area contributed by atoms with E-state index in [9.17, 15) is 9.59 Å². The Labute approximate surface area is 98.0 Å². The fourth-order valence-electron chi connectivity index (χ4n) is 1.15. The first kappa shape index (κ1) is 12.6. The maximum Gasteiger partial charge on any atom is 0.335 e. The Morgan fingerprint density at radius 1 is 1.31 bits per heavy atom. The Bertz CT molecular complexity index is 375. The third-order valence-corrected chi connectivity index (χ3v) is 2.52. The van der Waals surface area contributed by atoms with Gasteiger partial charge >= 0.3 is 5.97 Å². The molecule has 0 fully saturated rings. The van der Waals surface area contributed by atoms with Crippen molar-refractivity contribution in [3.05, 3.63) is 35.4 Å². The Morgan fingerprint density at radius 3 is 2.44 bits per heavy atom. The lowest BCUT2D eigenvalue weighted by Crippen LogP contribution is -2.24. The molecule has 0 radical (unpaired) electrons. The second-order valence-corrected chi connectivity index (χ2v) is 4.08. The minimum atomic E-state index is -0.946. The molecule has 0 bridgehead atoms. The van der Waals surface area contributed by atoms with Crippen molar-refractivity contribution >= 4 is 23.6 Å². The highest BCUT2D eigenvalue weighted by atomic mass is 32.2. The van der Waals surface area contributed by atoms with Crippen molar-refractivity contribution in [1.29, 1.82) is 0 Å². The lowest BCUT2D eigenvalue weighted by Gasteiger charge is -2.04. The van der Waals surface area contributed by atoms with Crippen LogP contribution in [0.2, 0.25) is 0 Å². The topological polar surface area (TPSA) is 66.4 Å². The van der Waals surface area contributed by atoms with Crippen LogP contribution in [0.1, 0.15) is 15.9 Å². The molecule has 0 unspecified atom stereocenters. The number of benzene rings is 1. The van der Waals surface area contributed by atoms with Crippen molar-refractivity contribution in [2.24, 2.45) is 0 Å². The standard InChI is InChI=1S/C11H13NO3S/c1-16-7-10(13)12-6-8-2-4-9(5-3-8)11(14)15/h2-5H,6-7H2,1H3,(H,12,13)(H,14,15). The number of amides is 1. The number of hydrogen-bond acceptors (Lipinski definition) is 3. The summed E-state index contributed by atoms with van der Waals surface area (Å²) in [6.07, 6.45) is 1.86. The number of thioether (sulfide) groups is 1. The lowest BCUT2D eigenvalue weighted by molar-refractivity contribution is -0.118. The number of hydrogen-bond donors (Lipinski definition) is 2. The highest BCUT2D eigenvalue weighted by Gasteiger charge is 2.03. The van der Waals surface area contributed by atoms with Crippen LogP contribution in [0.15, 0.2) is 24.3 Å². The van der Waals surface area contributed by atoms with E-state index in [0.29, 0.717) is 12.3 Å². The molecule has 0 saturated carbocycles. The van der Waals surface area contributed by atoms with Gasteiger partial charge in [-0.3, -0.25) is 4.79 Å². The summed E-state index contributed by atoms with van der Waals surface area (Å²) < 4.78 is 0. The quantitative estimate of drug-likeness (QED) is 0.814. The molecule has 2 N–H and O–H groups in total. The first-order valence-electron chi connectivity index (χ1n) is 4.71. The van der Waals surface area contributed by atoms with Crippen LogP contribution in [0.5, 0.6) is 0 Å². The highest BCUT2D eigenvalue weighted by Crippen LogP contribution is 2.04. The van der Waals surface area contributed by atoms with E-state index >= 15 is 0 Å². The summed E-state index contributed by atoms with van der Waals surface area (Å²) in [6.45, 7) is 0.430. The molecule has 1 aromatic carbocycles. The molecule has 1 rings (SSSR count). The molecular weight excluding hydrogens is 226 g/mol. The predicted molar refractivity (Wildman–Crippen MR) is 63.6 cm³/mol. The van der Waals surface area contributed by atoms with Gasteiger partial charge in [-0.1, -0.05) is 12.1 Å². The molecule has 4 nitrogen and oxygen atoms in total. The van der Waals surface area contributed by atoms with Gasteiger partial charge in [0, 0.05) is 6.54 Å². The summed E-state index contributed by atoms with van der Waals surface area (Å²) in [6, 6.07) is 6.45. The minimum absolute atomic E-state index is 0.0187. The fourth-order valence-corrected chi connectivity index (χ4v) is 1.51. The number of rotatable bonds is 5. The Balaban J connectivity index is 2.49. The average Bonchev–Trinajstić information content (AvgIpc) is 2.27. The summed E-state index contributed by atoms with van der Waals surface area (Å²) in [4.78, 5) is 21.8. The van der Waals surface area contributed by atoms with Gasteiger partial charge in [0.1, 0.15) is 0 Å². The third-order valence-electron chi connectivity index (χ3n) is 1.97. The zero-order chi connectivity index (χ0) is 12.0. The SMILES string of the molecule is CSCC(=O)NCc1ccc(C(=O)O)cc1. The summed E-state index contributed by atoms with van der Waals surface area (Å²) in [5, 5.41) is 11.4. The molecule has 5 heteroatoms. The molecule has 0 aliphatic heterocycles. The van der Waals surface area contributed by atoms with Crippen molar-refractivity contribution in [2.75, 3.05) is 12.0 Å². The maximum absolute atomic E-state index is 11.2. The van der Waals surface area contributed by atoms with Gasteiger partial charge in [0.25, 0.3) is 0 Å². The molecule has 86 valence electrons. The van der Waals surface area contributed by atoms with Crippen LogP contribution in [0, 0.1) is 0 Å². The number of carboxylic acids is 1. The Hall–Kier alpha value is -1.49. The Kier molecular flexibility index (Phi) is 4.85. The number of nitrogens with one attached hydrogen (secondary N) is 1. The van der Waals surface area contributed by atoms with Gasteiger partial charge in [-0.05, 0) is 24.0 Å². The number of aromatic carboxylic acids is 1. The lowest BCUT2D eigenvalue weighted by atomic mass is 10.1. The summed E-state index contributed by atoms with van der Waals surface area (Å²) in [5.74, 6) is -0.527. The smallest absolute Gasteiger partial charge is 0.335 e. The monoisotopic (exact) mass is 239 g/mol.